The summed E-state index contributed by atoms with van der Waals surface area (Å²) in [6.45, 7) is -0.633. The van der Waals surface area contributed by atoms with Gasteiger partial charge in [-0.2, -0.15) is 17.5 Å². The van der Waals surface area contributed by atoms with Gasteiger partial charge in [-0.15, -0.1) is 11.3 Å². The lowest BCUT2D eigenvalue weighted by Gasteiger charge is -2.34. The van der Waals surface area contributed by atoms with E-state index < -0.39 is 22.7 Å². The van der Waals surface area contributed by atoms with Crippen LogP contribution in [0.1, 0.15) is 4.88 Å². The Labute approximate surface area is 125 Å². The first kappa shape index (κ1) is 16.7. The number of alkyl halides is 3. The number of nitrogens with zero attached hydrogens (tertiary/aromatic N) is 2. The quantitative estimate of drug-likeness (QED) is 0.888. The second kappa shape index (κ2) is 6.21. The normalized spacial score (nSPS) is 19.0. The van der Waals surface area contributed by atoms with Crippen LogP contribution in [0.5, 0.6) is 0 Å². The van der Waals surface area contributed by atoms with E-state index in [1.165, 1.54) is 26.6 Å². The number of halogens is 3. The lowest BCUT2D eigenvalue weighted by Crippen LogP contribution is -2.50. The van der Waals surface area contributed by atoms with E-state index in [1.54, 1.807) is 5.38 Å². The lowest BCUT2D eigenvalue weighted by atomic mass is 10.3. The van der Waals surface area contributed by atoms with Crippen LogP contribution in [0.3, 0.4) is 0 Å². The average Bonchev–Trinajstić information content (AvgIpc) is 2.86. The molecular formula is C11H16F3N3O2S2. The van der Waals surface area contributed by atoms with Crippen molar-refractivity contribution in [3.8, 4) is 0 Å². The van der Waals surface area contributed by atoms with Crippen molar-refractivity contribution in [1.82, 2.24) is 9.21 Å². The molecule has 0 atom stereocenters. The molecule has 0 aromatic carbocycles. The minimum absolute atomic E-state index is 0.0538. The molecule has 1 aromatic heterocycles. The Morgan fingerprint density at radius 2 is 1.86 bits per heavy atom. The van der Waals surface area contributed by atoms with Crippen LogP contribution in [0.15, 0.2) is 16.3 Å². The number of rotatable bonds is 4. The van der Waals surface area contributed by atoms with Crippen molar-refractivity contribution in [2.75, 3.05) is 32.7 Å². The zero-order chi connectivity index (χ0) is 15.7. The van der Waals surface area contributed by atoms with Crippen molar-refractivity contribution in [3.05, 3.63) is 16.3 Å². The summed E-state index contributed by atoms with van der Waals surface area (Å²) in [6, 6.07) is 1.49. The van der Waals surface area contributed by atoms with Crippen molar-refractivity contribution in [2.45, 2.75) is 17.6 Å². The van der Waals surface area contributed by atoms with E-state index in [9.17, 15) is 21.6 Å². The van der Waals surface area contributed by atoms with Crippen LogP contribution in [-0.2, 0) is 16.6 Å². The highest BCUT2D eigenvalue weighted by Crippen LogP contribution is 2.26. The second-order valence-corrected chi connectivity index (χ2v) is 7.61. The minimum atomic E-state index is -4.26. The first-order valence-electron chi connectivity index (χ1n) is 6.30. The van der Waals surface area contributed by atoms with E-state index in [-0.39, 0.29) is 37.6 Å². The van der Waals surface area contributed by atoms with Gasteiger partial charge in [0.1, 0.15) is 0 Å². The number of thiophene rings is 1. The van der Waals surface area contributed by atoms with E-state index in [2.05, 4.69) is 0 Å². The maximum Gasteiger partial charge on any atom is 0.401 e. The highest BCUT2D eigenvalue weighted by atomic mass is 32.2. The molecule has 1 aliphatic heterocycles. The van der Waals surface area contributed by atoms with Crippen LogP contribution >= 0.6 is 11.3 Å². The molecule has 1 aromatic rings. The average molecular weight is 343 g/mol. The zero-order valence-electron chi connectivity index (χ0n) is 11.1. The summed E-state index contributed by atoms with van der Waals surface area (Å²) in [5, 5.41) is 1.65. The van der Waals surface area contributed by atoms with Gasteiger partial charge in [0.25, 0.3) is 0 Å². The molecule has 0 unspecified atom stereocenters. The van der Waals surface area contributed by atoms with Gasteiger partial charge in [0.15, 0.2) is 0 Å². The van der Waals surface area contributed by atoms with Gasteiger partial charge in [0.2, 0.25) is 10.0 Å². The summed E-state index contributed by atoms with van der Waals surface area (Å²) in [6.07, 6.45) is -4.26. The molecule has 10 heteroatoms. The fourth-order valence-corrected chi connectivity index (χ4v) is 4.96. The molecule has 2 heterocycles. The highest BCUT2D eigenvalue weighted by molar-refractivity contribution is 7.89. The van der Waals surface area contributed by atoms with Crippen LogP contribution in [0.25, 0.3) is 0 Å². The molecule has 0 aliphatic carbocycles. The Kier molecular flexibility index (Phi) is 4.93. The molecule has 1 aliphatic rings. The van der Waals surface area contributed by atoms with Crippen LogP contribution < -0.4 is 5.73 Å². The Balaban J connectivity index is 2.05. The number of sulfonamides is 1. The molecule has 120 valence electrons. The number of hydrogen-bond donors (Lipinski definition) is 1. The number of piperazine rings is 1. The van der Waals surface area contributed by atoms with Gasteiger partial charge in [-0.1, -0.05) is 0 Å². The monoisotopic (exact) mass is 343 g/mol. The molecule has 0 bridgehead atoms. The SMILES string of the molecule is NCc1sccc1S(=O)(=O)N1CCN(CC(F)(F)F)CC1. The van der Waals surface area contributed by atoms with Crippen LogP contribution in [-0.4, -0.2) is 56.5 Å². The molecular weight excluding hydrogens is 327 g/mol. The van der Waals surface area contributed by atoms with E-state index in [1.807, 2.05) is 0 Å². The molecule has 0 radical (unpaired) electrons. The lowest BCUT2D eigenvalue weighted by molar-refractivity contribution is -0.148. The zero-order valence-corrected chi connectivity index (χ0v) is 12.8. The van der Waals surface area contributed by atoms with Crippen molar-refractivity contribution >= 4 is 21.4 Å². The standard InChI is InChI=1S/C11H16F3N3O2S2/c12-11(13,14)8-16-2-4-17(5-3-16)21(18,19)10-1-6-20-9(10)7-15/h1,6H,2-5,7-8,15H2. The Morgan fingerprint density at radius 3 is 2.38 bits per heavy atom. The fourth-order valence-electron chi connectivity index (χ4n) is 2.23. The van der Waals surface area contributed by atoms with Crippen molar-refractivity contribution in [2.24, 2.45) is 5.73 Å². The second-order valence-electron chi connectivity index (χ2n) is 4.71. The van der Waals surface area contributed by atoms with Crippen LogP contribution in [0, 0.1) is 0 Å². The van der Waals surface area contributed by atoms with Gasteiger partial charge in [-0.25, -0.2) is 8.42 Å². The van der Waals surface area contributed by atoms with Crippen molar-refractivity contribution < 1.29 is 21.6 Å². The smallest absolute Gasteiger partial charge is 0.326 e. The number of nitrogens with two attached hydrogens (primary N) is 1. The first-order chi connectivity index (χ1) is 9.74. The van der Waals surface area contributed by atoms with Gasteiger partial charge in [-0.3, -0.25) is 4.90 Å². The molecule has 21 heavy (non-hydrogen) atoms. The molecule has 0 amide bonds. The first-order valence-corrected chi connectivity index (χ1v) is 8.62. The minimum Gasteiger partial charge on any atom is -0.326 e. The van der Waals surface area contributed by atoms with Gasteiger partial charge >= 0.3 is 6.18 Å². The predicted octanol–water partition coefficient (Wildman–Crippen LogP) is 1.08. The predicted molar refractivity (Wildman–Crippen MR) is 73.5 cm³/mol. The third kappa shape index (κ3) is 3.95. The van der Waals surface area contributed by atoms with Crippen LogP contribution in [0.4, 0.5) is 13.2 Å². The summed E-state index contributed by atoms with van der Waals surface area (Å²) in [7, 11) is -3.67. The Morgan fingerprint density at radius 1 is 1.24 bits per heavy atom. The molecule has 2 N–H and O–H groups in total. The third-order valence-electron chi connectivity index (χ3n) is 3.24. The summed E-state index contributed by atoms with van der Waals surface area (Å²) >= 11 is 1.26. The van der Waals surface area contributed by atoms with E-state index in [0.717, 1.165) is 0 Å². The maximum absolute atomic E-state index is 12.5. The molecule has 5 nitrogen and oxygen atoms in total. The molecule has 2 rings (SSSR count). The van der Waals surface area contributed by atoms with Gasteiger partial charge < -0.3 is 5.73 Å². The number of hydrogen-bond acceptors (Lipinski definition) is 5. The Hall–Kier alpha value is -0.680. The summed E-state index contributed by atoms with van der Waals surface area (Å²) in [5.41, 5.74) is 5.51. The topological polar surface area (TPSA) is 66.6 Å². The van der Waals surface area contributed by atoms with Crippen molar-refractivity contribution in [3.63, 3.8) is 0 Å². The molecule has 0 saturated carbocycles. The fraction of sp³-hybridized carbons (Fsp3) is 0.636. The van der Waals surface area contributed by atoms with Gasteiger partial charge in [-0.05, 0) is 11.4 Å². The summed E-state index contributed by atoms with van der Waals surface area (Å²) < 4.78 is 63.1. The van der Waals surface area contributed by atoms with Crippen LogP contribution in [0.2, 0.25) is 0 Å². The maximum atomic E-state index is 12.5. The molecule has 1 saturated heterocycles. The molecule has 1 fully saturated rings. The van der Waals surface area contributed by atoms with Crippen molar-refractivity contribution in [1.29, 1.82) is 0 Å². The highest BCUT2D eigenvalue weighted by Gasteiger charge is 2.35. The van der Waals surface area contributed by atoms with Gasteiger partial charge in [0, 0.05) is 37.6 Å². The van der Waals surface area contributed by atoms with Gasteiger partial charge in [0.05, 0.1) is 11.4 Å². The van der Waals surface area contributed by atoms with E-state index in [0.29, 0.717) is 4.88 Å². The third-order valence-corrected chi connectivity index (χ3v) is 6.30. The Bertz CT molecular complexity index is 578. The van der Waals surface area contributed by atoms with E-state index >= 15 is 0 Å². The summed E-state index contributed by atoms with van der Waals surface area (Å²) in [5.74, 6) is 0. The largest absolute Gasteiger partial charge is 0.401 e. The summed E-state index contributed by atoms with van der Waals surface area (Å²) in [4.78, 5) is 1.94. The van der Waals surface area contributed by atoms with E-state index in [4.69, 9.17) is 5.73 Å². The molecule has 0 spiro atoms.